The Labute approximate surface area is 125 Å². The Morgan fingerprint density at radius 2 is 2.18 bits per heavy atom. The van der Waals surface area contributed by atoms with Gasteiger partial charge >= 0.3 is 0 Å². The number of nitrogens with one attached hydrogen (secondary N) is 1. The molecule has 0 aliphatic carbocycles. The molecule has 0 atom stereocenters. The van der Waals surface area contributed by atoms with Crippen LogP contribution in [0.1, 0.15) is 10.4 Å². The average molecular weight is 423 g/mol. The van der Waals surface area contributed by atoms with E-state index >= 15 is 0 Å². The maximum Gasteiger partial charge on any atom is 0.256 e. The Hall–Kier alpha value is -0.600. The van der Waals surface area contributed by atoms with Crippen LogP contribution in [0.3, 0.4) is 0 Å². The molecule has 1 aromatic carbocycles. The van der Waals surface area contributed by atoms with E-state index in [1.54, 1.807) is 23.5 Å². The third-order valence-electron chi connectivity index (χ3n) is 2.08. The summed E-state index contributed by atoms with van der Waals surface area (Å²) in [6.45, 7) is 0. The maximum atomic E-state index is 11.9. The number of nitrogens with two attached hydrogens (primary N) is 1. The topological polar surface area (TPSA) is 55.1 Å². The van der Waals surface area contributed by atoms with Crippen LogP contribution in [0.5, 0.6) is 0 Å². The van der Waals surface area contributed by atoms with E-state index in [0.29, 0.717) is 16.9 Å². The third-order valence-corrected chi connectivity index (χ3v) is 4.59. The highest BCUT2D eigenvalue weighted by Crippen LogP contribution is 2.24. The number of nitrogen functional groups attached to an aromatic ring is 1. The monoisotopic (exact) mass is 422 g/mol. The minimum absolute atomic E-state index is 0.120. The largest absolute Gasteiger partial charge is 0.398 e. The Morgan fingerprint density at radius 3 is 2.76 bits per heavy atom. The molecule has 3 N–H and O–H groups in total. The van der Waals surface area contributed by atoms with Crippen LogP contribution < -0.4 is 11.1 Å². The molecule has 3 nitrogen and oxygen atoms in total. The number of halogens is 2. The van der Waals surface area contributed by atoms with Crippen molar-refractivity contribution in [3.05, 3.63) is 42.6 Å². The predicted octanol–water partition coefficient (Wildman–Crippen LogP) is 3.95. The van der Waals surface area contributed by atoms with E-state index in [1.165, 1.54) is 0 Å². The van der Waals surface area contributed by atoms with Crippen molar-refractivity contribution in [1.29, 1.82) is 0 Å². The highest BCUT2D eigenvalue weighted by atomic mass is 127. The summed E-state index contributed by atoms with van der Waals surface area (Å²) in [4.78, 5) is 11.9. The molecule has 1 aromatic heterocycles. The van der Waals surface area contributed by atoms with Crippen molar-refractivity contribution in [2.75, 3.05) is 11.1 Å². The summed E-state index contributed by atoms with van der Waals surface area (Å²) in [7, 11) is 0. The number of anilines is 2. The fraction of sp³-hybridized carbons (Fsp3) is 0. The summed E-state index contributed by atoms with van der Waals surface area (Å²) in [5.74, 6) is -0.120. The second-order valence-electron chi connectivity index (χ2n) is 3.33. The number of hydrogen-bond acceptors (Lipinski definition) is 3. The van der Waals surface area contributed by atoms with Crippen LogP contribution in [0.15, 0.2) is 34.1 Å². The number of hydrogen-bond donors (Lipinski definition) is 2. The zero-order valence-electron chi connectivity index (χ0n) is 8.54. The summed E-state index contributed by atoms with van der Waals surface area (Å²) in [6, 6.07) is 7.18. The molecule has 88 valence electrons. The molecule has 0 radical (unpaired) electrons. The van der Waals surface area contributed by atoms with Gasteiger partial charge in [0.2, 0.25) is 0 Å². The van der Waals surface area contributed by atoms with Gasteiger partial charge in [-0.05, 0) is 62.8 Å². The first kappa shape index (κ1) is 12.8. The Morgan fingerprint density at radius 1 is 1.41 bits per heavy atom. The molecular weight excluding hydrogens is 415 g/mol. The van der Waals surface area contributed by atoms with Crippen LogP contribution in [-0.2, 0) is 0 Å². The summed E-state index contributed by atoms with van der Waals surface area (Å²) in [5.41, 5.74) is 7.70. The molecule has 0 unspecified atom stereocenters. The van der Waals surface area contributed by atoms with E-state index < -0.39 is 0 Å². The SMILES string of the molecule is Nc1cc(NC(=O)c2csc(I)c2)ccc1Br. The molecule has 2 aromatic rings. The van der Waals surface area contributed by atoms with Gasteiger partial charge in [0, 0.05) is 21.2 Å². The predicted molar refractivity (Wildman–Crippen MR) is 83.5 cm³/mol. The second-order valence-corrected chi connectivity index (χ2v) is 6.99. The summed E-state index contributed by atoms with van der Waals surface area (Å²) in [5, 5.41) is 4.64. The summed E-state index contributed by atoms with van der Waals surface area (Å²) in [6.07, 6.45) is 0. The van der Waals surface area contributed by atoms with E-state index in [9.17, 15) is 4.79 Å². The quantitative estimate of drug-likeness (QED) is 0.568. The van der Waals surface area contributed by atoms with Gasteiger partial charge in [0.15, 0.2) is 0 Å². The summed E-state index contributed by atoms with van der Waals surface area (Å²) < 4.78 is 1.91. The zero-order chi connectivity index (χ0) is 12.4. The Balaban J connectivity index is 2.15. The van der Waals surface area contributed by atoms with E-state index in [4.69, 9.17) is 5.73 Å². The minimum Gasteiger partial charge on any atom is -0.398 e. The number of carbonyl (C=O) groups is 1. The number of benzene rings is 1. The standard InChI is InChI=1S/C11H8BrIN2OS/c12-8-2-1-7(4-9(8)14)15-11(16)6-3-10(13)17-5-6/h1-5H,14H2,(H,15,16). The fourth-order valence-corrected chi connectivity index (χ4v) is 2.83. The number of carbonyl (C=O) groups excluding carboxylic acids is 1. The molecule has 0 aliphatic heterocycles. The second kappa shape index (κ2) is 5.36. The van der Waals surface area contributed by atoms with Gasteiger partial charge < -0.3 is 11.1 Å². The third kappa shape index (κ3) is 3.20. The van der Waals surface area contributed by atoms with Gasteiger partial charge in [-0.1, -0.05) is 0 Å². The van der Waals surface area contributed by atoms with Crippen molar-refractivity contribution in [2.24, 2.45) is 0 Å². The van der Waals surface area contributed by atoms with Crippen molar-refractivity contribution in [1.82, 2.24) is 0 Å². The molecule has 0 fully saturated rings. The molecule has 0 bridgehead atoms. The first-order valence-corrected chi connectivity index (χ1v) is 7.42. The van der Waals surface area contributed by atoms with Crippen LogP contribution in [0.4, 0.5) is 11.4 Å². The number of thiophene rings is 1. The lowest BCUT2D eigenvalue weighted by molar-refractivity contribution is 0.102. The minimum atomic E-state index is -0.120. The Bertz CT molecular complexity index is 570. The molecule has 1 heterocycles. The normalized spacial score (nSPS) is 10.2. The highest BCUT2D eigenvalue weighted by molar-refractivity contribution is 14.1. The zero-order valence-corrected chi connectivity index (χ0v) is 13.1. The molecule has 1 amide bonds. The molecule has 17 heavy (non-hydrogen) atoms. The van der Waals surface area contributed by atoms with Crippen LogP contribution in [0.25, 0.3) is 0 Å². The first-order chi connectivity index (χ1) is 8.06. The van der Waals surface area contributed by atoms with Gasteiger partial charge in [-0.2, -0.15) is 0 Å². The van der Waals surface area contributed by atoms with Crippen LogP contribution in [0, 0.1) is 2.88 Å². The number of amides is 1. The van der Waals surface area contributed by atoms with Gasteiger partial charge in [0.1, 0.15) is 0 Å². The lowest BCUT2D eigenvalue weighted by Crippen LogP contribution is -2.10. The molecule has 0 saturated carbocycles. The van der Waals surface area contributed by atoms with Crippen LogP contribution in [0.2, 0.25) is 0 Å². The van der Waals surface area contributed by atoms with Crippen molar-refractivity contribution in [3.63, 3.8) is 0 Å². The van der Waals surface area contributed by atoms with Crippen molar-refractivity contribution < 1.29 is 4.79 Å². The average Bonchev–Trinajstić information content (AvgIpc) is 2.70. The van der Waals surface area contributed by atoms with Gasteiger partial charge in [-0.3, -0.25) is 4.79 Å². The lowest BCUT2D eigenvalue weighted by atomic mass is 10.2. The molecule has 6 heteroatoms. The summed E-state index contributed by atoms with van der Waals surface area (Å²) >= 11 is 7.04. The molecule has 2 rings (SSSR count). The van der Waals surface area contributed by atoms with Crippen molar-refractivity contribution in [3.8, 4) is 0 Å². The van der Waals surface area contributed by atoms with E-state index in [0.717, 1.165) is 7.36 Å². The van der Waals surface area contributed by atoms with E-state index in [2.05, 4.69) is 43.8 Å². The van der Waals surface area contributed by atoms with Gasteiger partial charge in [0.05, 0.1) is 8.45 Å². The number of rotatable bonds is 2. The Kier molecular flexibility index (Phi) is 4.05. The van der Waals surface area contributed by atoms with Crippen molar-refractivity contribution >= 4 is 67.1 Å². The van der Waals surface area contributed by atoms with Gasteiger partial charge in [0.25, 0.3) is 5.91 Å². The molecule has 0 spiro atoms. The van der Waals surface area contributed by atoms with Gasteiger partial charge in [-0.15, -0.1) is 11.3 Å². The van der Waals surface area contributed by atoms with Crippen LogP contribution >= 0.6 is 49.9 Å². The van der Waals surface area contributed by atoms with Crippen LogP contribution in [-0.4, -0.2) is 5.91 Å². The highest BCUT2D eigenvalue weighted by Gasteiger charge is 2.08. The van der Waals surface area contributed by atoms with E-state index in [1.807, 2.05) is 17.5 Å². The molecule has 0 saturated heterocycles. The van der Waals surface area contributed by atoms with Gasteiger partial charge in [-0.25, -0.2) is 0 Å². The fourth-order valence-electron chi connectivity index (χ4n) is 1.25. The van der Waals surface area contributed by atoms with Crippen molar-refractivity contribution in [2.45, 2.75) is 0 Å². The molecular formula is C11H8BrIN2OS. The smallest absolute Gasteiger partial charge is 0.256 e. The first-order valence-electron chi connectivity index (χ1n) is 4.66. The lowest BCUT2D eigenvalue weighted by Gasteiger charge is -2.05. The van der Waals surface area contributed by atoms with E-state index in [-0.39, 0.29) is 5.91 Å². The molecule has 0 aliphatic rings. The maximum absolute atomic E-state index is 11.9.